The van der Waals surface area contributed by atoms with E-state index in [2.05, 4.69) is 17.1 Å². The summed E-state index contributed by atoms with van der Waals surface area (Å²) in [5.74, 6) is -0.507. The second-order valence-electron chi connectivity index (χ2n) is 7.31. The Morgan fingerprint density at radius 3 is 2.71 bits per heavy atom. The zero-order chi connectivity index (χ0) is 20.1. The third-order valence-corrected chi connectivity index (χ3v) is 5.28. The molecule has 1 atom stereocenters. The molecule has 2 amide bonds. The normalized spacial score (nSPS) is 16.6. The van der Waals surface area contributed by atoms with Gasteiger partial charge in [-0.15, -0.1) is 0 Å². The Balaban J connectivity index is 1.78. The minimum Gasteiger partial charge on any atom is -0.508 e. The highest BCUT2D eigenvalue weighted by molar-refractivity contribution is 5.99. The summed E-state index contributed by atoms with van der Waals surface area (Å²) in [6.07, 6.45) is 4.05. The number of aromatic hydroxyl groups is 1. The molecule has 1 saturated heterocycles. The number of anilines is 2. The largest absolute Gasteiger partial charge is 0.508 e. The number of para-hydroxylation sites is 1. The summed E-state index contributed by atoms with van der Waals surface area (Å²) in [6.45, 7) is 3.09. The quantitative estimate of drug-likeness (QED) is 0.714. The maximum atomic E-state index is 12.6. The average molecular weight is 381 g/mol. The molecule has 0 aliphatic carbocycles. The highest BCUT2D eigenvalue weighted by Gasteiger charge is 2.22. The van der Waals surface area contributed by atoms with Crippen molar-refractivity contribution in [2.75, 3.05) is 16.8 Å². The van der Waals surface area contributed by atoms with Crippen LogP contribution in [0.1, 0.15) is 48.5 Å². The molecule has 1 fully saturated rings. The third-order valence-electron chi connectivity index (χ3n) is 5.28. The van der Waals surface area contributed by atoms with Crippen molar-refractivity contribution >= 4 is 23.2 Å². The van der Waals surface area contributed by atoms with Crippen LogP contribution in [0.25, 0.3) is 0 Å². The highest BCUT2D eigenvalue weighted by Crippen LogP contribution is 2.32. The van der Waals surface area contributed by atoms with Crippen LogP contribution in [0.15, 0.2) is 42.5 Å². The lowest BCUT2D eigenvalue weighted by atomic mass is 10.0. The van der Waals surface area contributed by atoms with Crippen molar-refractivity contribution in [1.82, 2.24) is 0 Å². The highest BCUT2D eigenvalue weighted by atomic mass is 16.3. The van der Waals surface area contributed by atoms with E-state index < -0.39 is 5.91 Å². The Labute approximate surface area is 165 Å². The Kier molecular flexibility index (Phi) is 6.19. The summed E-state index contributed by atoms with van der Waals surface area (Å²) in [5, 5.41) is 12.8. The average Bonchev–Trinajstić information content (AvgIpc) is 2.68. The predicted octanol–water partition coefficient (Wildman–Crippen LogP) is 3.44. The first-order valence-corrected chi connectivity index (χ1v) is 9.73. The summed E-state index contributed by atoms with van der Waals surface area (Å²) < 4.78 is 0. The minimum atomic E-state index is -0.525. The number of phenols is 1. The standard InChI is InChI=1S/C22H27N3O3/c1-15-6-4-5-13-25(15)19-11-9-17(22(23)28)14-18(19)24-21(27)12-10-16-7-2-3-8-20(16)26/h2-3,7-9,11,14-15,26H,4-6,10,12-13H2,1H3,(H2,23,28)(H,24,27)/t15-/m0/s1. The molecule has 4 N–H and O–H groups in total. The van der Waals surface area contributed by atoms with Gasteiger partial charge in [-0.1, -0.05) is 18.2 Å². The topological polar surface area (TPSA) is 95.7 Å². The lowest BCUT2D eigenvalue weighted by molar-refractivity contribution is -0.116. The number of nitrogens with zero attached hydrogens (tertiary/aromatic N) is 1. The number of primary amides is 1. The molecule has 0 spiro atoms. The number of carbonyl (C=O) groups excluding carboxylic acids is 2. The molecule has 0 saturated carbocycles. The molecule has 0 aromatic heterocycles. The predicted molar refractivity (Wildman–Crippen MR) is 111 cm³/mol. The fourth-order valence-corrected chi connectivity index (χ4v) is 3.68. The zero-order valence-corrected chi connectivity index (χ0v) is 16.1. The molecule has 1 aliphatic rings. The Morgan fingerprint density at radius 1 is 1.21 bits per heavy atom. The van der Waals surface area contributed by atoms with Crippen molar-refractivity contribution in [1.29, 1.82) is 0 Å². The third kappa shape index (κ3) is 4.63. The molecule has 0 bridgehead atoms. The SMILES string of the molecule is C[C@H]1CCCCN1c1ccc(C(N)=O)cc1NC(=O)CCc1ccccc1O. The van der Waals surface area contributed by atoms with Crippen molar-refractivity contribution in [2.45, 2.75) is 45.1 Å². The number of amides is 2. The van der Waals surface area contributed by atoms with Crippen molar-refractivity contribution in [3.05, 3.63) is 53.6 Å². The molecular formula is C22H27N3O3. The van der Waals surface area contributed by atoms with E-state index in [1.807, 2.05) is 12.1 Å². The molecule has 6 nitrogen and oxygen atoms in total. The molecule has 2 aromatic carbocycles. The molecular weight excluding hydrogens is 354 g/mol. The van der Waals surface area contributed by atoms with E-state index >= 15 is 0 Å². The van der Waals surface area contributed by atoms with Gasteiger partial charge in [0.1, 0.15) is 5.75 Å². The number of aryl methyl sites for hydroxylation is 1. The van der Waals surface area contributed by atoms with Crippen LogP contribution in [0, 0.1) is 0 Å². The van der Waals surface area contributed by atoms with Crippen molar-refractivity contribution in [3.63, 3.8) is 0 Å². The van der Waals surface area contributed by atoms with E-state index in [1.54, 1.807) is 30.3 Å². The van der Waals surface area contributed by atoms with Gasteiger partial charge in [0, 0.05) is 24.6 Å². The van der Waals surface area contributed by atoms with E-state index in [0.29, 0.717) is 23.7 Å². The first-order valence-electron chi connectivity index (χ1n) is 9.73. The number of nitrogens with one attached hydrogen (secondary N) is 1. The number of rotatable bonds is 6. The fourth-order valence-electron chi connectivity index (χ4n) is 3.68. The number of piperidine rings is 1. The monoisotopic (exact) mass is 381 g/mol. The molecule has 1 heterocycles. The lowest BCUT2D eigenvalue weighted by Crippen LogP contribution is -2.38. The van der Waals surface area contributed by atoms with Gasteiger partial charge < -0.3 is 21.1 Å². The van der Waals surface area contributed by atoms with Crippen LogP contribution in [-0.4, -0.2) is 29.5 Å². The summed E-state index contributed by atoms with van der Waals surface area (Å²) in [5.41, 5.74) is 8.04. The number of hydrogen-bond donors (Lipinski definition) is 3. The van der Waals surface area contributed by atoms with Crippen LogP contribution < -0.4 is 16.0 Å². The molecule has 6 heteroatoms. The molecule has 0 radical (unpaired) electrons. The molecule has 28 heavy (non-hydrogen) atoms. The number of phenolic OH excluding ortho intramolecular Hbond substituents is 1. The molecule has 1 aliphatic heterocycles. The molecule has 3 rings (SSSR count). The lowest BCUT2D eigenvalue weighted by Gasteiger charge is -2.36. The van der Waals surface area contributed by atoms with Gasteiger partial charge in [-0.2, -0.15) is 0 Å². The fraction of sp³-hybridized carbons (Fsp3) is 0.364. The Bertz CT molecular complexity index is 866. The number of nitrogens with two attached hydrogens (primary N) is 1. The van der Waals surface area contributed by atoms with Crippen molar-refractivity contribution in [3.8, 4) is 5.75 Å². The minimum absolute atomic E-state index is 0.171. The van der Waals surface area contributed by atoms with Gasteiger partial charge in [-0.3, -0.25) is 9.59 Å². The zero-order valence-electron chi connectivity index (χ0n) is 16.1. The molecule has 148 valence electrons. The maximum Gasteiger partial charge on any atom is 0.248 e. The van der Waals surface area contributed by atoms with E-state index in [9.17, 15) is 14.7 Å². The number of carbonyl (C=O) groups is 2. The molecule has 2 aromatic rings. The van der Waals surface area contributed by atoms with E-state index in [0.717, 1.165) is 30.6 Å². The van der Waals surface area contributed by atoms with Crippen molar-refractivity contribution in [2.24, 2.45) is 5.73 Å². The molecule has 0 unspecified atom stereocenters. The van der Waals surface area contributed by atoms with Crippen LogP contribution in [0.2, 0.25) is 0 Å². The first-order chi connectivity index (χ1) is 13.5. The van der Waals surface area contributed by atoms with Gasteiger partial charge in [0.25, 0.3) is 0 Å². The van der Waals surface area contributed by atoms with Gasteiger partial charge in [-0.25, -0.2) is 0 Å². The summed E-state index contributed by atoms with van der Waals surface area (Å²) >= 11 is 0. The van der Waals surface area contributed by atoms with Gasteiger partial charge in [0.15, 0.2) is 0 Å². The van der Waals surface area contributed by atoms with Crippen LogP contribution in [0.3, 0.4) is 0 Å². The van der Waals surface area contributed by atoms with Crippen LogP contribution in [-0.2, 0) is 11.2 Å². The van der Waals surface area contributed by atoms with Crippen LogP contribution in [0.4, 0.5) is 11.4 Å². The van der Waals surface area contributed by atoms with Crippen LogP contribution in [0.5, 0.6) is 5.75 Å². The van der Waals surface area contributed by atoms with Gasteiger partial charge in [0.05, 0.1) is 11.4 Å². The van der Waals surface area contributed by atoms with E-state index in [4.69, 9.17) is 5.73 Å². The smallest absolute Gasteiger partial charge is 0.248 e. The van der Waals surface area contributed by atoms with E-state index in [-0.39, 0.29) is 18.1 Å². The maximum absolute atomic E-state index is 12.6. The van der Waals surface area contributed by atoms with Crippen LogP contribution >= 0.6 is 0 Å². The second-order valence-corrected chi connectivity index (χ2v) is 7.31. The van der Waals surface area contributed by atoms with Crippen molar-refractivity contribution < 1.29 is 14.7 Å². The first kappa shape index (κ1) is 19.7. The van der Waals surface area contributed by atoms with Gasteiger partial charge >= 0.3 is 0 Å². The second kappa shape index (κ2) is 8.78. The summed E-state index contributed by atoms with van der Waals surface area (Å²) in [7, 11) is 0. The number of benzene rings is 2. The Morgan fingerprint density at radius 2 is 2.00 bits per heavy atom. The number of hydrogen-bond acceptors (Lipinski definition) is 4. The summed E-state index contributed by atoms with van der Waals surface area (Å²) in [4.78, 5) is 26.4. The van der Waals surface area contributed by atoms with Gasteiger partial charge in [-0.05, 0) is 62.4 Å². The Hall–Kier alpha value is -3.02. The van der Waals surface area contributed by atoms with E-state index in [1.165, 1.54) is 6.42 Å². The van der Waals surface area contributed by atoms with Gasteiger partial charge in [0.2, 0.25) is 11.8 Å². The summed E-state index contributed by atoms with van der Waals surface area (Å²) in [6, 6.07) is 12.6.